The van der Waals surface area contributed by atoms with Gasteiger partial charge in [-0.3, -0.25) is 14.4 Å². The molecule has 302 valence electrons. The highest BCUT2D eigenvalue weighted by atomic mass is 16.6. The van der Waals surface area contributed by atoms with E-state index in [9.17, 15) is 14.4 Å². The van der Waals surface area contributed by atoms with Crippen LogP contribution in [0.15, 0.2) is 0 Å². The van der Waals surface area contributed by atoms with Gasteiger partial charge in [-0.15, -0.1) is 0 Å². The minimum absolute atomic E-state index is 0.0673. The van der Waals surface area contributed by atoms with Crippen LogP contribution in [0.2, 0.25) is 0 Å². The highest BCUT2D eigenvalue weighted by Gasteiger charge is 2.19. The number of esters is 3. The fourth-order valence-corrected chi connectivity index (χ4v) is 6.58. The molecule has 51 heavy (non-hydrogen) atoms. The van der Waals surface area contributed by atoms with E-state index in [2.05, 4.69) is 34.6 Å². The molecular formula is C45H86O6. The van der Waals surface area contributed by atoms with Crippen molar-refractivity contribution in [3.8, 4) is 0 Å². The van der Waals surface area contributed by atoms with Crippen LogP contribution in [0.1, 0.15) is 240 Å². The molecule has 0 aliphatic rings. The van der Waals surface area contributed by atoms with Gasteiger partial charge in [-0.1, -0.05) is 202 Å². The summed E-state index contributed by atoms with van der Waals surface area (Å²) in [6, 6.07) is 0. The first-order valence-electron chi connectivity index (χ1n) is 22.2. The number of ether oxygens (including phenoxy) is 3. The molecule has 0 bridgehead atoms. The molecule has 0 aliphatic carbocycles. The lowest BCUT2D eigenvalue weighted by molar-refractivity contribution is -0.167. The smallest absolute Gasteiger partial charge is 0.306 e. The van der Waals surface area contributed by atoms with E-state index in [1.54, 1.807) is 0 Å². The third kappa shape index (κ3) is 39.5. The molecule has 6 nitrogen and oxygen atoms in total. The van der Waals surface area contributed by atoms with E-state index in [-0.39, 0.29) is 31.1 Å². The molecular weight excluding hydrogens is 636 g/mol. The van der Waals surface area contributed by atoms with Gasteiger partial charge in [0.1, 0.15) is 13.2 Å². The largest absolute Gasteiger partial charge is 0.462 e. The first-order chi connectivity index (χ1) is 24.7. The third-order valence-corrected chi connectivity index (χ3v) is 9.97. The van der Waals surface area contributed by atoms with E-state index in [4.69, 9.17) is 14.2 Å². The van der Waals surface area contributed by atoms with Crippen LogP contribution in [-0.2, 0) is 28.6 Å². The van der Waals surface area contributed by atoms with Crippen molar-refractivity contribution in [2.24, 2.45) is 11.8 Å². The van der Waals surface area contributed by atoms with Crippen molar-refractivity contribution in [3.63, 3.8) is 0 Å². The summed E-state index contributed by atoms with van der Waals surface area (Å²) < 4.78 is 16.6. The van der Waals surface area contributed by atoms with Crippen LogP contribution in [0.3, 0.4) is 0 Å². The second-order valence-electron chi connectivity index (χ2n) is 16.3. The van der Waals surface area contributed by atoms with Crippen LogP contribution < -0.4 is 0 Å². The molecule has 0 amide bonds. The van der Waals surface area contributed by atoms with E-state index in [0.717, 1.165) is 76.0 Å². The van der Waals surface area contributed by atoms with Crippen molar-refractivity contribution in [2.75, 3.05) is 13.2 Å². The number of unbranched alkanes of at least 4 members (excludes halogenated alkanes) is 24. The Balaban J connectivity index is 4.12. The number of hydrogen-bond acceptors (Lipinski definition) is 6. The summed E-state index contributed by atoms with van der Waals surface area (Å²) in [5.74, 6) is 0.738. The minimum atomic E-state index is -0.758. The maximum atomic E-state index is 12.7. The molecule has 1 atom stereocenters. The number of rotatable bonds is 39. The summed E-state index contributed by atoms with van der Waals surface area (Å²) in [7, 11) is 0. The van der Waals surface area contributed by atoms with E-state index >= 15 is 0 Å². The van der Waals surface area contributed by atoms with E-state index < -0.39 is 6.10 Å². The SMILES string of the molecule is CCCCCCCC(=O)OC[C@@H](COC(=O)CCCCCCCCC(C)C)OC(=O)CCCCCCCCCCCCCCCCCCC(C)C. The lowest BCUT2D eigenvalue weighted by Gasteiger charge is -2.18. The van der Waals surface area contributed by atoms with Crippen LogP contribution in [0.5, 0.6) is 0 Å². The molecule has 0 fully saturated rings. The van der Waals surface area contributed by atoms with Gasteiger partial charge in [0.15, 0.2) is 6.10 Å². The second kappa shape index (κ2) is 38.1. The molecule has 0 saturated heterocycles. The predicted molar refractivity (Wildman–Crippen MR) is 215 cm³/mol. The van der Waals surface area contributed by atoms with Gasteiger partial charge in [0.25, 0.3) is 0 Å². The summed E-state index contributed by atoms with van der Waals surface area (Å²) in [5.41, 5.74) is 0. The Morgan fingerprint density at radius 2 is 0.647 bits per heavy atom. The predicted octanol–water partition coefficient (Wildman–Crippen LogP) is 13.8. The van der Waals surface area contributed by atoms with Crippen LogP contribution in [0.25, 0.3) is 0 Å². The number of hydrogen-bond donors (Lipinski definition) is 0. The fraction of sp³-hybridized carbons (Fsp3) is 0.933. The average Bonchev–Trinajstić information content (AvgIpc) is 3.09. The maximum absolute atomic E-state index is 12.7. The number of carbonyl (C=O) groups is 3. The molecule has 0 rings (SSSR count). The summed E-state index contributed by atoms with van der Waals surface area (Å²) in [4.78, 5) is 37.3. The zero-order chi connectivity index (χ0) is 37.6. The molecule has 0 N–H and O–H groups in total. The first-order valence-corrected chi connectivity index (χ1v) is 22.2. The van der Waals surface area contributed by atoms with Gasteiger partial charge in [0.2, 0.25) is 0 Å². The highest BCUT2D eigenvalue weighted by Crippen LogP contribution is 2.16. The summed E-state index contributed by atoms with van der Waals surface area (Å²) in [5, 5.41) is 0. The van der Waals surface area contributed by atoms with E-state index in [0.29, 0.717) is 19.3 Å². The molecule has 0 aromatic rings. The van der Waals surface area contributed by atoms with Gasteiger partial charge < -0.3 is 14.2 Å². The molecule has 0 spiro atoms. The van der Waals surface area contributed by atoms with Crippen LogP contribution in [-0.4, -0.2) is 37.2 Å². The van der Waals surface area contributed by atoms with Gasteiger partial charge in [-0.05, 0) is 31.1 Å². The zero-order valence-electron chi connectivity index (χ0n) is 34.7. The third-order valence-electron chi connectivity index (χ3n) is 9.97. The van der Waals surface area contributed by atoms with Gasteiger partial charge in [0, 0.05) is 19.3 Å². The average molecular weight is 723 g/mol. The standard InChI is InChI=1S/C45H86O6/c1-6-7-8-23-30-35-43(46)49-38-42(39-50-44(47)36-31-26-22-21-25-29-34-41(4)5)51-45(48)37-32-27-20-18-16-14-12-10-9-11-13-15-17-19-24-28-33-40(2)3/h40-42H,6-39H2,1-5H3/t42-/m0/s1. The summed E-state index contributed by atoms with van der Waals surface area (Å²) in [6.45, 7) is 11.2. The summed E-state index contributed by atoms with van der Waals surface area (Å²) in [6.07, 6.45) is 35.7. The minimum Gasteiger partial charge on any atom is -0.462 e. The Morgan fingerprint density at radius 1 is 0.373 bits per heavy atom. The molecule has 0 aliphatic heterocycles. The van der Waals surface area contributed by atoms with Crippen molar-refractivity contribution in [1.82, 2.24) is 0 Å². The van der Waals surface area contributed by atoms with Gasteiger partial charge >= 0.3 is 17.9 Å². The van der Waals surface area contributed by atoms with E-state index in [1.165, 1.54) is 122 Å². The van der Waals surface area contributed by atoms with E-state index in [1.807, 2.05) is 0 Å². The second-order valence-corrected chi connectivity index (χ2v) is 16.3. The maximum Gasteiger partial charge on any atom is 0.306 e. The van der Waals surface area contributed by atoms with Gasteiger partial charge in [-0.2, -0.15) is 0 Å². The molecule has 0 radical (unpaired) electrons. The summed E-state index contributed by atoms with van der Waals surface area (Å²) >= 11 is 0. The quantitative estimate of drug-likeness (QED) is 0.0357. The Kier molecular flexibility index (Phi) is 37.0. The van der Waals surface area contributed by atoms with Crippen molar-refractivity contribution in [3.05, 3.63) is 0 Å². The van der Waals surface area contributed by atoms with Crippen LogP contribution in [0.4, 0.5) is 0 Å². The zero-order valence-corrected chi connectivity index (χ0v) is 34.7. The number of carbonyl (C=O) groups excluding carboxylic acids is 3. The first kappa shape index (κ1) is 49.4. The van der Waals surface area contributed by atoms with Crippen molar-refractivity contribution in [2.45, 2.75) is 246 Å². The lowest BCUT2D eigenvalue weighted by Crippen LogP contribution is -2.30. The van der Waals surface area contributed by atoms with Gasteiger partial charge in [-0.25, -0.2) is 0 Å². The normalized spacial score (nSPS) is 12.1. The van der Waals surface area contributed by atoms with Crippen LogP contribution in [0, 0.1) is 11.8 Å². The van der Waals surface area contributed by atoms with Crippen molar-refractivity contribution in [1.29, 1.82) is 0 Å². The topological polar surface area (TPSA) is 78.9 Å². The Labute approximate surface area is 317 Å². The van der Waals surface area contributed by atoms with Crippen LogP contribution >= 0.6 is 0 Å². The molecule has 0 unspecified atom stereocenters. The monoisotopic (exact) mass is 723 g/mol. The molecule has 0 saturated carbocycles. The highest BCUT2D eigenvalue weighted by molar-refractivity contribution is 5.71. The molecule has 0 aromatic carbocycles. The van der Waals surface area contributed by atoms with Crippen molar-refractivity contribution < 1.29 is 28.6 Å². The Morgan fingerprint density at radius 3 is 0.961 bits per heavy atom. The molecule has 0 heterocycles. The molecule has 6 heteroatoms. The molecule has 0 aromatic heterocycles. The fourth-order valence-electron chi connectivity index (χ4n) is 6.58. The van der Waals surface area contributed by atoms with Gasteiger partial charge in [0.05, 0.1) is 0 Å². The Bertz CT molecular complexity index is 779. The lowest BCUT2D eigenvalue weighted by atomic mass is 10.0. The Hall–Kier alpha value is -1.59. The van der Waals surface area contributed by atoms with Crippen molar-refractivity contribution >= 4 is 17.9 Å².